The minimum absolute atomic E-state index is 0.0649. The normalized spacial score (nSPS) is 15.2. The van der Waals surface area contributed by atoms with Crippen LogP contribution in [-0.2, 0) is 17.7 Å². The molecule has 3 N–H and O–H groups in total. The van der Waals surface area contributed by atoms with E-state index in [4.69, 9.17) is 27.9 Å². The molecule has 0 saturated heterocycles. The van der Waals surface area contributed by atoms with Gasteiger partial charge >= 0.3 is 12.1 Å². The van der Waals surface area contributed by atoms with Gasteiger partial charge in [0.25, 0.3) is 0 Å². The topological polar surface area (TPSA) is 105 Å². The summed E-state index contributed by atoms with van der Waals surface area (Å²) in [6.07, 6.45) is 1.13. The Morgan fingerprint density at radius 3 is 2.73 bits per heavy atom. The zero-order valence-electron chi connectivity index (χ0n) is 25.5. The molecular weight excluding hydrogens is 494 g/mol. The Hall–Kier alpha value is -3.98. The number of ether oxygens (including phenoxy) is 2. The van der Waals surface area contributed by atoms with Gasteiger partial charge in [-0.2, -0.15) is 0 Å². The summed E-state index contributed by atoms with van der Waals surface area (Å²) in [6.45, 7) is 3.51. The maximum Gasteiger partial charge on any atom is 0.413 e. The largest absolute Gasteiger partial charge is 0.495 e. The van der Waals surface area contributed by atoms with Crippen LogP contribution in [0, 0.1) is 0 Å². The molecule has 0 fully saturated rings. The van der Waals surface area contributed by atoms with Crippen LogP contribution in [0.5, 0.6) is 5.75 Å². The van der Waals surface area contributed by atoms with Crippen LogP contribution in [0.15, 0.2) is 54.7 Å². The Balaban J connectivity index is 1.52. The third-order valence-corrected chi connectivity index (χ3v) is 5.46. The fourth-order valence-corrected chi connectivity index (χ4v) is 3.94. The van der Waals surface area contributed by atoms with Crippen LogP contribution < -0.4 is 25.6 Å². The number of methoxy groups -OCH3 is 1. The second-order valence-electron chi connectivity index (χ2n) is 9.20. The first-order valence-electron chi connectivity index (χ1n) is 13.9. The highest BCUT2D eigenvalue weighted by Crippen LogP contribution is 2.35. The molecule has 0 bridgehead atoms. The number of hydrogen-bond acceptors (Lipinski definition) is 6. The van der Waals surface area contributed by atoms with Crippen molar-refractivity contribution in [2.75, 3.05) is 34.4 Å². The number of carbonyl (C=O) groups excluding carboxylic acids is 2. The van der Waals surface area contributed by atoms with Gasteiger partial charge in [0.2, 0.25) is 0 Å². The standard InChI is InChI=1S/C27H30ClN5O4/c1-27(2,3)37-26(35)32-24-14-17(10-12-29-24)16-33-13-11-19-20(6-5-7-22(19)33)30-25(34)31-21-15-18(28)8-9-23(21)36-4/h5-10,12,14-15H,11,13,16H2,1-4H3,(H,29,32,35)(H2,30,31,34)/i4D3,16D2. The first-order chi connectivity index (χ1) is 19.5. The molecule has 1 aliphatic heterocycles. The summed E-state index contributed by atoms with van der Waals surface area (Å²) in [5.41, 5.74) is 1.35. The van der Waals surface area contributed by atoms with Gasteiger partial charge in [-0.15, -0.1) is 0 Å². The fraction of sp³-hybridized carbons (Fsp3) is 0.296. The van der Waals surface area contributed by atoms with E-state index in [2.05, 4.69) is 20.9 Å². The predicted molar refractivity (Wildman–Crippen MR) is 146 cm³/mol. The Labute approximate surface area is 228 Å². The number of nitrogens with one attached hydrogen (secondary N) is 3. The van der Waals surface area contributed by atoms with Crippen molar-refractivity contribution in [3.63, 3.8) is 0 Å². The zero-order valence-corrected chi connectivity index (χ0v) is 21.3. The Morgan fingerprint density at radius 2 is 1.95 bits per heavy atom. The Morgan fingerprint density at radius 1 is 1.14 bits per heavy atom. The predicted octanol–water partition coefficient (Wildman–Crippen LogP) is 6.30. The molecule has 3 amide bonds. The summed E-state index contributed by atoms with van der Waals surface area (Å²) < 4.78 is 50.2. The molecule has 194 valence electrons. The Bertz CT molecular complexity index is 1500. The number of nitrogens with zero attached hydrogens (tertiary/aromatic N) is 2. The Kier molecular flexibility index (Phi) is 5.96. The van der Waals surface area contributed by atoms with Crippen molar-refractivity contribution in [3.05, 3.63) is 70.9 Å². The molecule has 0 atom stereocenters. The molecule has 9 nitrogen and oxygen atoms in total. The third kappa shape index (κ3) is 6.83. The monoisotopic (exact) mass is 528 g/mol. The van der Waals surface area contributed by atoms with Gasteiger partial charge in [0.15, 0.2) is 0 Å². The molecule has 10 heteroatoms. The highest BCUT2D eigenvalue weighted by atomic mass is 35.5. The lowest BCUT2D eigenvalue weighted by Gasteiger charge is -2.21. The average molecular weight is 529 g/mol. The van der Waals surface area contributed by atoms with Gasteiger partial charge in [0.05, 0.1) is 19.6 Å². The summed E-state index contributed by atoms with van der Waals surface area (Å²) in [6, 6.07) is 11.6. The number of hydrogen-bond donors (Lipinski definition) is 3. The molecule has 3 aromatic rings. The van der Waals surface area contributed by atoms with Crippen LogP contribution >= 0.6 is 11.6 Å². The van der Waals surface area contributed by atoms with Crippen molar-refractivity contribution in [3.8, 4) is 5.75 Å². The number of anilines is 4. The molecule has 37 heavy (non-hydrogen) atoms. The summed E-state index contributed by atoms with van der Waals surface area (Å²) >= 11 is 6.04. The molecule has 0 spiro atoms. The summed E-state index contributed by atoms with van der Waals surface area (Å²) in [7, 11) is -2.73. The molecule has 1 aliphatic rings. The van der Waals surface area contributed by atoms with E-state index in [1.807, 2.05) is 0 Å². The van der Waals surface area contributed by atoms with Crippen LogP contribution in [-0.4, -0.2) is 36.3 Å². The maximum absolute atomic E-state index is 12.9. The number of halogens is 1. The maximum atomic E-state index is 12.9. The van der Waals surface area contributed by atoms with E-state index in [0.29, 0.717) is 29.9 Å². The van der Waals surface area contributed by atoms with E-state index in [9.17, 15) is 9.59 Å². The van der Waals surface area contributed by atoms with Crippen LogP contribution in [0.3, 0.4) is 0 Å². The fourth-order valence-electron chi connectivity index (χ4n) is 3.76. The zero-order chi connectivity index (χ0) is 30.9. The molecule has 0 radical (unpaired) electrons. The number of pyridine rings is 1. The molecule has 4 rings (SSSR count). The van der Waals surface area contributed by atoms with Gasteiger partial charge in [-0.1, -0.05) is 17.7 Å². The molecule has 0 saturated carbocycles. The second kappa shape index (κ2) is 11.0. The molecule has 1 aromatic heterocycles. The highest BCUT2D eigenvalue weighted by molar-refractivity contribution is 6.31. The second-order valence-corrected chi connectivity index (χ2v) is 9.63. The number of fused-ring (bicyclic) bond motifs is 1. The van der Waals surface area contributed by atoms with E-state index in [1.165, 1.54) is 36.5 Å². The van der Waals surface area contributed by atoms with Crippen molar-refractivity contribution in [1.82, 2.24) is 4.98 Å². The van der Waals surface area contributed by atoms with Crippen molar-refractivity contribution < 1.29 is 25.9 Å². The molecule has 2 aromatic carbocycles. The van der Waals surface area contributed by atoms with Crippen LogP contribution in [0.4, 0.5) is 32.5 Å². The van der Waals surface area contributed by atoms with E-state index in [1.54, 1.807) is 43.9 Å². The van der Waals surface area contributed by atoms with Gasteiger partial charge in [-0.05, 0) is 75.2 Å². The minimum Gasteiger partial charge on any atom is -0.495 e. The average Bonchev–Trinajstić information content (AvgIpc) is 3.30. The van der Waals surface area contributed by atoms with E-state index in [0.717, 1.165) is 0 Å². The smallest absolute Gasteiger partial charge is 0.413 e. The van der Waals surface area contributed by atoms with Crippen LogP contribution in [0.25, 0.3) is 0 Å². The van der Waals surface area contributed by atoms with Crippen molar-refractivity contribution in [1.29, 1.82) is 0 Å². The number of carbonyl (C=O) groups is 2. The van der Waals surface area contributed by atoms with E-state index < -0.39 is 31.3 Å². The highest BCUT2D eigenvalue weighted by Gasteiger charge is 2.23. The van der Waals surface area contributed by atoms with Gasteiger partial charge in [0, 0.05) is 41.2 Å². The van der Waals surface area contributed by atoms with Gasteiger partial charge < -0.3 is 25.0 Å². The lowest BCUT2D eigenvalue weighted by atomic mass is 10.1. The molecule has 2 heterocycles. The minimum atomic E-state index is -2.73. The number of benzene rings is 2. The first kappa shape index (κ1) is 20.1. The SMILES string of the molecule is [2H]C([2H])([2H])Oc1ccc(Cl)cc1NC(=O)Nc1cccc2c1CCN2C([2H])([2H])c1ccnc(NC(=O)OC(C)(C)C)c1. The first-order valence-corrected chi connectivity index (χ1v) is 11.8. The number of amides is 3. The van der Waals surface area contributed by atoms with Crippen molar-refractivity contribution in [2.24, 2.45) is 0 Å². The molecule has 0 aliphatic carbocycles. The summed E-state index contributed by atoms with van der Waals surface area (Å²) in [5.74, 6) is 0.0603. The number of rotatable bonds is 6. The van der Waals surface area contributed by atoms with E-state index >= 15 is 0 Å². The third-order valence-electron chi connectivity index (χ3n) is 5.23. The molecular formula is C27H30ClN5O4. The summed E-state index contributed by atoms with van der Waals surface area (Å²) in [4.78, 5) is 30.8. The van der Waals surface area contributed by atoms with Crippen LogP contribution in [0.1, 0.15) is 38.8 Å². The van der Waals surface area contributed by atoms with Gasteiger partial charge in [0.1, 0.15) is 17.2 Å². The van der Waals surface area contributed by atoms with Gasteiger partial charge in [-0.3, -0.25) is 5.32 Å². The molecule has 0 unspecified atom stereocenters. The lowest BCUT2D eigenvalue weighted by Crippen LogP contribution is -2.27. The lowest BCUT2D eigenvalue weighted by molar-refractivity contribution is 0.0635. The van der Waals surface area contributed by atoms with Gasteiger partial charge in [-0.25, -0.2) is 14.6 Å². The summed E-state index contributed by atoms with van der Waals surface area (Å²) in [5, 5.41) is 8.12. The van der Waals surface area contributed by atoms with Crippen LogP contribution in [0.2, 0.25) is 5.02 Å². The number of aromatic nitrogens is 1. The van der Waals surface area contributed by atoms with E-state index in [-0.39, 0.29) is 27.8 Å². The quantitative estimate of drug-likeness (QED) is 0.347. The van der Waals surface area contributed by atoms with Crippen molar-refractivity contribution in [2.45, 2.75) is 39.3 Å². The van der Waals surface area contributed by atoms with Crippen molar-refractivity contribution >= 4 is 46.6 Å². The number of urea groups is 1.